The van der Waals surface area contributed by atoms with Gasteiger partial charge in [-0.2, -0.15) is 9.47 Å². The van der Waals surface area contributed by atoms with E-state index in [1.54, 1.807) is 4.57 Å². The van der Waals surface area contributed by atoms with Crippen molar-refractivity contribution in [2.75, 3.05) is 0 Å². The lowest BCUT2D eigenvalue weighted by Gasteiger charge is -2.34. The molecule has 0 amide bonds. The molecule has 0 bridgehead atoms. The zero-order valence-corrected chi connectivity index (χ0v) is 17.2. The smallest absolute Gasteiger partial charge is 0.346 e. The molecule has 3 heterocycles. The fourth-order valence-corrected chi connectivity index (χ4v) is 5.28. The molecule has 0 unspecified atom stereocenters. The highest BCUT2D eigenvalue weighted by Crippen LogP contribution is 2.38. The van der Waals surface area contributed by atoms with Gasteiger partial charge >= 0.3 is 5.69 Å². The molecule has 0 radical (unpaired) electrons. The van der Waals surface area contributed by atoms with Gasteiger partial charge in [0.15, 0.2) is 0 Å². The minimum absolute atomic E-state index is 0.00653. The molecule has 0 saturated heterocycles. The van der Waals surface area contributed by atoms with Crippen LogP contribution in [-0.4, -0.2) is 24.8 Å². The topological polar surface area (TPSA) is 61.9 Å². The predicted octanol–water partition coefficient (Wildman–Crippen LogP) is 4.25. The normalized spacial score (nSPS) is 22.5. The number of nitrogens with zero attached hydrogens (tertiary/aromatic N) is 4. The summed E-state index contributed by atoms with van der Waals surface area (Å²) < 4.78 is 41.9. The quantitative estimate of drug-likeness (QED) is 0.476. The van der Waals surface area contributed by atoms with Gasteiger partial charge in [0.05, 0.1) is 28.4 Å². The minimum Gasteiger partial charge on any atom is -0.490 e. The van der Waals surface area contributed by atoms with Crippen molar-refractivity contribution in [3.63, 3.8) is 0 Å². The molecule has 0 N–H and O–H groups in total. The number of benzene rings is 2. The number of hydrogen-bond acceptors (Lipinski definition) is 5. The number of fused-ring (bicyclic) bond motifs is 2. The predicted molar refractivity (Wildman–Crippen MR) is 112 cm³/mol. The maximum atomic E-state index is 13.7. The van der Waals surface area contributed by atoms with E-state index in [1.165, 1.54) is 28.3 Å². The first-order valence-electron chi connectivity index (χ1n) is 10.2. The van der Waals surface area contributed by atoms with Crippen LogP contribution >= 0.6 is 11.5 Å². The fourth-order valence-electron chi connectivity index (χ4n) is 4.62. The number of aromatic nitrogens is 4. The van der Waals surface area contributed by atoms with E-state index in [1.807, 2.05) is 24.4 Å². The Bertz CT molecular complexity index is 1340. The second-order valence-electron chi connectivity index (χ2n) is 8.13. The molecule has 2 aromatic heterocycles. The van der Waals surface area contributed by atoms with Crippen molar-refractivity contribution >= 4 is 21.6 Å². The summed E-state index contributed by atoms with van der Waals surface area (Å²) in [5, 5.41) is 5.53. The maximum Gasteiger partial charge on any atom is 0.346 e. The molecule has 2 aromatic carbocycles. The van der Waals surface area contributed by atoms with Crippen LogP contribution in [0.3, 0.4) is 0 Å². The Hall–Kier alpha value is -3.07. The van der Waals surface area contributed by atoms with Crippen LogP contribution in [0.4, 0.5) is 8.78 Å². The van der Waals surface area contributed by atoms with Crippen LogP contribution in [0.5, 0.6) is 5.75 Å². The summed E-state index contributed by atoms with van der Waals surface area (Å²) in [5.41, 5.74) is 0.236. The van der Waals surface area contributed by atoms with Gasteiger partial charge in [0, 0.05) is 25.3 Å². The molecule has 1 fully saturated rings. The first-order valence-corrected chi connectivity index (χ1v) is 11.0. The van der Waals surface area contributed by atoms with E-state index in [0.717, 1.165) is 21.9 Å². The van der Waals surface area contributed by atoms with Crippen molar-refractivity contribution in [1.29, 1.82) is 0 Å². The van der Waals surface area contributed by atoms with E-state index in [-0.39, 0.29) is 17.8 Å². The Morgan fingerprint density at radius 1 is 1.13 bits per heavy atom. The Morgan fingerprint density at radius 3 is 2.74 bits per heavy atom. The summed E-state index contributed by atoms with van der Waals surface area (Å²) >= 11 is 1.43. The van der Waals surface area contributed by atoms with Crippen molar-refractivity contribution in [2.45, 2.75) is 43.9 Å². The molecule has 1 atom stereocenters. The second-order valence-corrected chi connectivity index (χ2v) is 8.96. The van der Waals surface area contributed by atoms with Crippen LogP contribution in [0, 0.1) is 11.6 Å². The third kappa shape index (κ3) is 3.06. The fraction of sp³-hybridized carbons (Fsp3) is 0.318. The lowest BCUT2D eigenvalue weighted by Crippen LogP contribution is -2.41. The summed E-state index contributed by atoms with van der Waals surface area (Å²) in [5.74, 6) is 0.193. The highest BCUT2D eigenvalue weighted by atomic mass is 32.1. The van der Waals surface area contributed by atoms with E-state index in [2.05, 4.69) is 9.47 Å². The zero-order valence-electron chi connectivity index (χ0n) is 16.4. The number of hydrogen-bond donors (Lipinski definition) is 0. The minimum atomic E-state index is -0.640. The molecule has 6 rings (SSSR count). The second kappa shape index (κ2) is 6.98. The number of rotatable bonds is 4. The Labute approximate surface area is 179 Å². The lowest BCUT2D eigenvalue weighted by molar-refractivity contribution is 0.0636. The van der Waals surface area contributed by atoms with Crippen molar-refractivity contribution in [3.05, 3.63) is 76.1 Å². The molecule has 1 aliphatic carbocycles. The van der Waals surface area contributed by atoms with Gasteiger partial charge in [-0.15, -0.1) is 0 Å². The van der Waals surface area contributed by atoms with Crippen LogP contribution in [0.25, 0.3) is 10.1 Å². The van der Waals surface area contributed by atoms with Gasteiger partial charge in [0.2, 0.25) is 0 Å². The monoisotopic (exact) mass is 440 g/mol. The first-order chi connectivity index (χ1) is 15.1. The Kier molecular flexibility index (Phi) is 4.21. The lowest BCUT2D eigenvalue weighted by atomic mass is 9.89. The van der Waals surface area contributed by atoms with Crippen LogP contribution in [0.1, 0.15) is 42.7 Å². The van der Waals surface area contributed by atoms with Gasteiger partial charge in [-0.05, 0) is 47.8 Å². The molecular formula is C22H18F2N4O2S. The standard InChI is InChI=1S/C22H18F2N4O2S/c23-13-6-12(7-14(24)8-13)18-4-5-21-26-28(22(29)27(18)21)15-9-16(10-15)30-19-2-1-3-20-17(19)11-25-31-20/h1-3,6-8,11,15-16,18H,4-5,9-10H2/t15?,16?,18-/m0/s1. The van der Waals surface area contributed by atoms with Crippen molar-refractivity contribution < 1.29 is 13.5 Å². The summed E-state index contributed by atoms with van der Waals surface area (Å²) in [6, 6.07) is 8.89. The molecule has 158 valence electrons. The van der Waals surface area contributed by atoms with Gasteiger partial charge in [-0.1, -0.05) is 6.07 Å². The average Bonchev–Trinajstić information content (AvgIpc) is 3.40. The van der Waals surface area contributed by atoms with Crippen molar-refractivity contribution in [3.8, 4) is 5.75 Å². The number of ether oxygens (including phenoxy) is 1. The third-order valence-corrected chi connectivity index (χ3v) is 6.96. The van der Waals surface area contributed by atoms with Crippen molar-refractivity contribution in [1.82, 2.24) is 18.7 Å². The Morgan fingerprint density at radius 2 is 1.94 bits per heavy atom. The molecule has 31 heavy (non-hydrogen) atoms. The molecule has 6 nitrogen and oxygen atoms in total. The van der Waals surface area contributed by atoms with Crippen LogP contribution in [0.2, 0.25) is 0 Å². The van der Waals surface area contributed by atoms with Gasteiger partial charge in [0.1, 0.15) is 29.3 Å². The average molecular weight is 440 g/mol. The third-order valence-electron chi connectivity index (χ3n) is 6.19. The summed E-state index contributed by atoms with van der Waals surface area (Å²) in [6.45, 7) is 0. The first kappa shape index (κ1) is 18.7. The highest BCUT2D eigenvalue weighted by Gasteiger charge is 2.38. The van der Waals surface area contributed by atoms with E-state index >= 15 is 0 Å². The summed E-state index contributed by atoms with van der Waals surface area (Å²) in [4.78, 5) is 13.1. The number of aryl methyl sites for hydroxylation is 1. The van der Waals surface area contributed by atoms with Crippen LogP contribution < -0.4 is 10.4 Å². The molecule has 1 aliphatic heterocycles. The van der Waals surface area contributed by atoms with E-state index in [9.17, 15) is 13.6 Å². The highest BCUT2D eigenvalue weighted by molar-refractivity contribution is 7.13. The van der Waals surface area contributed by atoms with Gasteiger partial charge in [0.25, 0.3) is 0 Å². The molecule has 0 spiro atoms. The SMILES string of the molecule is O=c1n(C2CC(Oc3cccc4sncc34)C2)nc2n1[C@H](c1cc(F)cc(F)c1)CC2. The molecule has 9 heteroatoms. The largest absolute Gasteiger partial charge is 0.490 e. The molecule has 2 aliphatic rings. The number of halogens is 2. The van der Waals surface area contributed by atoms with Gasteiger partial charge < -0.3 is 4.74 Å². The molecular weight excluding hydrogens is 422 g/mol. The molecule has 1 saturated carbocycles. The summed E-state index contributed by atoms with van der Waals surface area (Å²) in [6.07, 6.45) is 4.40. The molecule has 4 aromatic rings. The Balaban J connectivity index is 1.21. The maximum absolute atomic E-state index is 13.7. The van der Waals surface area contributed by atoms with Crippen LogP contribution in [-0.2, 0) is 6.42 Å². The van der Waals surface area contributed by atoms with Crippen LogP contribution in [0.15, 0.2) is 47.4 Å². The summed E-state index contributed by atoms with van der Waals surface area (Å²) in [7, 11) is 0. The van der Waals surface area contributed by atoms with E-state index < -0.39 is 17.7 Å². The van der Waals surface area contributed by atoms with E-state index in [0.29, 0.717) is 37.1 Å². The zero-order chi connectivity index (χ0) is 21.1. The van der Waals surface area contributed by atoms with Gasteiger partial charge in [-0.3, -0.25) is 4.57 Å². The van der Waals surface area contributed by atoms with Gasteiger partial charge in [-0.25, -0.2) is 18.3 Å². The van der Waals surface area contributed by atoms with E-state index in [4.69, 9.17) is 4.74 Å². The van der Waals surface area contributed by atoms with Crippen molar-refractivity contribution in [2.24, 2.45) is 0 Å².